The molecule has 0 aliphatic rings. The summed E-state index contributed by atoms with van der Waals surface area (Å²) in [5.41, 5.74) is 1.60. The van der Waals surface area contributed by atoms with Crippen molar-refractivity contribution in [3.05, 3.63) is 24.3 Å². The normalized spacial score (nSPS) is 11.8. The van der Waals surface area contributed by atoms with Crippen LogP contribution in [0.3, 0.4) is 0 Å². The maximum atomic E-state index is 3.78. The predicted molar refractivity (Wildman–Crippen MR) is 82.5 cm³/mol. The van der Waals surface area contributed by atoms with Gasteiger partial charge in [-0.2, -0.15) is 0 Å². The van der Waals surface area contributed by atoms with Crippen LogP contribution in [0.15, 0.2) is 24.3 Å². The summed E-state index contributed by atoms with van der Waals surface area (Å²) in [7, 11) is 0. The lowest BCUT2D eigenvalue weighted by Gasteiger charge is -2.19. The van der Waals surface area contributed by atoms with Crippen molar-refractivity contribution in [3.63, 3.8) is 0 Å². The van der Waals surface area contributed by atoms with E-state index in [1.54, 1.807) is 0 Å². The van der Waals surface area contributed by atoms with Crippen molar-refractivity contribution in [2.75, 3.05) is 0 Å². The second kappa shape index (κ2) is 12.0. The molecule has 102 valence electrons. The second-order valence-electron chi connectivity index (χ2n) is 5.58. The molecule has 0 fully saturated rings. The number of hydrogen-bond donors (Lipinski definition) is 0. The van der Waals surface area contributed by atoms with Crippen molar-refractivity contribution in [3.8, 4) is 0 Å². The molecule has 17 heavy (non-hydrogen) atoms. The van der Waals surface area contributed by atoms with E-state index in [9.17, 15) is 0 Å². The molecule has 0 atom stereocenters. The Morgan fingerprint density at radius 2 is 1.41 bits per heavy atom. The van der Waals surface area contributed by atoms with Crippen LogP contribution in [0, 0.1) is 5.41 Å². The van der Waals surface area contributed by atoms with Gasteiger partial charge in [0, 0.05) is 0 Å². The third-order valence-electron chi connectivity index (χ3n) is 2.72. The maximum Gasteiger partial charge on any atom is -0.0135 e. The Hall–Kier alpha value is -0.520. The molecule has 0 nitrogen and oxygen atoms in total. The molecule has 0 aliphatic carbocycles. The molecule has 0 aromatic carbocycles. The Morgan fingerprint density at radius 3 is 1.59 bits per heavy atom. The lowest BCUT2D eigenvalue weighted by Crippen LogP contribution is -2.06. The minimum absolute atomic E-state index is 0.262. The molecule has 0 unspecified atom stereocenters. The third kappa shape index (κ3) is 13.4. The minimum atomic E-state index is 0.262. The SMILES string of the molecule is C=C/C(=C\CC)C(C)(C)C.CCCCCCC. The molecule has 0 spiro atoms. The summed E-state index contributed by atoms with van der Waals surface area (Å²) in [6.07, 6.45) is 12.3. The molecule has 0 saturated heterocycles. The molecular weight excluding hydrogens is 204 g/mol. The molecule has 0 aliphatic heterocycles. The predicted octanol–water partition coefficient (Wildman–Crippen LogP) is 6.53. The van der Waals surface area contributed by atoms with Gasteiger partial charge >= 0.3 is 0 Å². The monoisotopic (exact) mass is 238 g/mol. The Balaban J connectivity index is 0. The Labute approximate surface area is 110 Å². The Bertz CT molecular complexity index is 187. The van der Waals surface area contributed by atoms with Crippen molar-refractivity contribution >= 4 is 0 Å². The van der Waals surface area contributed by atoms with Gasteiger partial charge in [-0.25, -0.2) is 0 Å². The summed E-state index contributed by atoms with van der Waals surface area (Å²) >= 11 is 0. The summed E-state index contributed by atoms with van der Waals surface area (Å²) in [5.74, 6) is 0. The zero-order chi connectivity index (χ0) is 13.7. The van der Waals surface area contributed by atoms with Gasteiger partial charge in [0.05, 0.1) is 0 Å². The molecule has 0 aromatic rings. The van der Waals surface area contributed by atoms with Crippen LogP contribution in [0.5, 0.6) is 0 Å². The zero-order valence-electron chi connectivity index (χ0n) is 13.1. The van der Waals surface area contributed by atoms with Gasteiger partial charge in [0.25, 0.3) is 0 Å². The van der Waals surface area contributed by atoms with Crippen molar-refractivity contribution < 1.29 is 0 Å². The van der Waals surface area contributed by atoms with E-state index in [2.05, 4.69) is 54.2 Å². The number of rotatable bonds is 6. The molecule has 0 amide bonds. The van der Waals surface area contributed by atoms with E-state index in [4.69, 9.17) is 0 Å². The minimum Gasteiger partial charge on any atom is -0.0988 e. The van der Waals surface area contributed by atoms with Crippen LogP contribution in [-0.2, 0) is 0 Å². The molecule has 0 rings (SSSR count). The van der Waals surface area contributed by atoms with Crippen molar-refractivity contribution in [2.24, 2.45) is 5.41 Å². The van der Waals surface area contributed by atoms with Gasteiger partial charge in [-0.3, -0.25) is 0 Å². The molecule has 0 bridgehead atoms. The van der Waals surface area contributed by atoms with E-state index in [-0.39, 0.29) is 5.41 Å². The molecule has 0 N–H and O–H groups in total. The molecule has 0 heterocycles. The van der Waals surface area contributed by atoms with Crippen molar-refractivity contribution in [1.82, 2.24) is 0 Å². The lowest BCUT2D eigenvalue weighted by molar-refractivity contribution is 0.515. The Morgan fingerprint density at radius 1 is 0.941 bits per heavy atom. The van der Waals surface area contributed by atoms with Gasteiger partial charge in [0.2, 0.25) is 0 Å². The summed E-state index contributed by atoms with van der Waals surface area (Å²) in [6.45, 7) is 17.0. The van der Waals surface area contributed by atoms with Gasteiger partial charge in [-0.05, 0) is 17.4 Å². The van der Waals surface area contributed by atoms with E-state index in [1.807, 2.05) is 6.08 Å². The first-order valence-electron chi connectivity index (χ1n) is 7.27. The van der Waals surface area contributed by atoms with E-state index >= 15 is 0 Å². The maximum absolute atomic E-state index is 3.78. The van der Waals surface area contributed by atoms with Crippen LogP contribution in [0.25, 0.3) is 0 Å². The summed E-state index contributed by atoms with van der Waals surface area (Å²) in [6, 6.07) is 0. The zero-order valence-corrected chi connectivity index (χ0v) is 13.1. The highest BCUT2D eigenvalue weighted by molar-refractivity contribution is 5.22. The molecule has 0 saturated carbocycles. The van der Waals surface area contributed by atoms with E-state index in [0.717, 1.165) is 6.42 Å². The van der Waals surface area contributed by atoms with Gasteiger partial charge in [-0.1, -0.05) is 92.4 Å². The van der Waals surface area contributed by atoms with Crippen molar-refractivity contribution in [2.45, 2.75) is 80.1 Å². The standard InChI is InChI=1S/C10H18.C7H16/c1-6-8-9(7-2)10(3,4)5;1-3-5-7-6-4-2/h7-8H,2,6H2,1,3-5H3;3-7H2,1-2H3/b9-8+;. The average molecular weight is 238 g/mol. The fourth-order valence-corrected chi connectivity index (χ4v) is 1.59. The van der Waals surface area contributed by atoms with Crippen molar-refractivity contribution in [1.29, 1.82) is 0 Å². The van der Waals surface area contributed by atoms with Crippen LogP contribution < -0.4 is 0 Å². The number of allylic oxidation sites excluding steroid dienone is 3. The molecule has 0 aromatic heterocycles. The largest absolute Gasteiger partial charge is 0.0988 e. The third-order valence-corrected chi connectivity index (χ3v) is 2.72. The van der Waals surface area contributed by atoms with E-state index in [1.165, 1.54) is 37.7 Å². The van der Waals surface area contributed by atoms with E-state index in [0.29, 0.717) is 0 Å². The molecule has 0 heteroatoms. The van der Waals surface area contributed by atoms with Gasteiger partial charge in [-0.15, -0.1) is 0 Å². The Kier molecular flexibility index (Phi) is 13.2. The topological polar surface area (TPSA) is 0 Å². The quantitative estimate of drug-likeness (QED) is 0.364. The fourth-order valence-electron chi connectivity index (χ4n) is 1.59. The van der Waals surface area contributed by atoms with Crippen LogP contribution in [-0.4, -0.2) is 0 Å². The van der Waals surface area contributed by atoms with Gasteiger partial charge < -0.3 is 0 Å². The summed E-state index contributed by atoms with van der Waals surface area (Å²) in [5, 5.41) is 0. The molecule has 0 radical (unpaired) electrons. The van der Waals surface area contributed by atoms with E-state index < -0.39 is 0 Å². The first-order chi connectivity index (χ1) is 7.93. The van der Waals surface area contributed by atoms with Crippen LogP contribution in [0.1, 0.15) is 80.1 Å². The molecular formula is C17H34. The first kappa shape index (κ1) is 18.8. The smallest absolute Gasteiger partial charge is 0.0135 e. The first-order valence-corrected chi connectivity index (χ1v) is 7.27. The highest BCUT2D eigenvalue weighted by Crippen LogP contribution is 2.25. The highest BCUT2D eigenvalue weighted by Gasteiger charge is 2.12. The average Bonchev–Trinajstić information content (AvgIpc) is 2.26. The summed E-state index contributed by atoms with van der Waals surface area (Å²) in [4.78, 5) is 0. The fraction of sp³-hybridized carbons (Fsp3) is 0.765. The van der Waals surface area contributed by atoms with Gasteiger partial charge in [0.1, 0.15) is 0 Å². The summed E-state index contributed by atoms with van der Waals surface area (Å²) < 4.78 is 0. The van der Waals surface area contributed by atoms with Gasteiger partial charge in [0.15, 0.2) is 0 Å². The van der Waals surface area contributed by atoms with Crippen LogP contribution in [0.4, 0.5) is 0 Å². The number of unbranched alkanes of at least 4 members (excludes halogenated alkanes) is 4. The highest BCUT2D eigenvalue weighted by atomic mass is 14.2. The van der Waals surface area contributed by atoms with Crippen LogP contribution >= 0.6 is 0 Å². The lowest BCUT2D eigenvalue weighted by atomic mass is 9.86. The van der Waals surface area contributed by atoms with Crippen LogP contribution in [0.2, 0.25) is 0 Å². The second-order valence-corrected chi connectivity index (χ2v) is 5.58. The number of hydrogen-bond acceptors (Lipinski definition) is 0.